The molecule has 3 atom stereocenters. The van der Waals surface area contributed by atoms with Gasteiger partial charge in [-0.25, -0.2) is 13.1 Å². The molecule has 1 fully saturated rings. The summed E-state index contributed by atoms with van der Waals surface area (Å²) in [5.74, 6) is 0.468. The zero-order valence-electron chi connectivity index (χ0n) is 16.1. The van der Waals surface area contributed by atoms with Gasteiger partial charge in [-0.1, -0.05) is 19.8 Å². The summed E-state index contributed by atoms with van der Waals surface area (Å²) in [4.78, 5) is 12.6. The van der Waals surface area contributed by atoms with Gasteiger partial charge in [-0.05, 0) is 63.8 Å². The Morgan fingerprint density at radius 2 is 1.69 bits per heavy atom. The van der Waals surface area contributed by atoms with Crippen LogP contribution in [0.4, 0.5) is 5.69 Å². The van der Waals surface area contributed by atoms with Gasteiger partial charge in [-0.2, -0.15) is 0 Å². The van der Waals surface area contributed by atoms with Crippen LogP contribution in [0.5, 0.6) is 0 Å². The summed E-state index contributed by atoms with van der Waals surface area (Å²) in [6.45, 7) is 7.63. The first-order valence-corrected chi connectivity index (χ1v) is 10.9. The quantitative estimate of drug-likeness (QED) is 0.678. The van der Waals surface area contributed by atoms with E-state index in [9.17, 15) is 13.2 Å². The number of carbonyl (C=O) groups excluding carboxylic acids is 1. The van der Waals surface area contributed by atoms with E-state index in [2.05, 4.69) is 22.3 Å². The van der Waals surface area contributed by atoms with Crippen LogP contribution < -0.4 is 15.4 Å². The third kappa shape index (κ3) is 5.79. The van der Waals surface area contributed by atoms with Crippen LogP contribution in [0.3, 0.4) is 0 Å². The Balaban J connectivity index is 1.94. The molecule has 0 radical (unpaired) electrons. The number of anilines is 1. The zero-order chi connectivity index (χ0) is 19.3. The minimum absolute atomic E-state index is 0.112. The van der Waals surface area contributed by atoms with Crippen LogP contribution in [0.1, 0.15) is 53.4 Å². The molecule has 1 aliphatic rings. The number of carbonyl (C=O) groups is 1. The minimum atomic E-state index is -3.52. The van der Waals surface area contributed by atoms with Gasteiger partial charge in [0, 0.05) is 17.8 Å². The van der Waals surface area contributed by atoms with Crippen LogP contribution >= 0.6 is 0 Å². The van der Waals surface area contributed by atoms with Crippen molar-refractivity contribution in [1.29, 1.82) is 0 Å². The molecule has 0 bridgehead atoms. The highest BCUT2D eigenvalue weighted by Gasteiger charge is 2.25. The summed E-state index contributed by atoms with van der Waals surface area (Å²) in [6, 6.07) is 6.13. The van der Waals surface area contributed by atoms with Crippen LogP contribution in [0.2, 0.25) is 0 Å². The maximum Gasteiger partial charge on any atom is 0.241 e. The van der Waals surface area contributed by atoms with Gasteiger partial charge in [0.15, 0.2) is 0 Å². The molecule has 6 nitrogen and oxygen atoms in total. The van der Waals surface area contributed by atoms with E-state index in [0.29, 0.717) is 17.6 Å². The summed E-state index contributed by atoms with van der Waals surface area (Å²) < 4.78 is 26.8. The van der Waals surface area contributed by atoms with Crippen molar-refractivity contribution in [2.24, 2.45) is 5.92 Å². The predicted octanol–water partition coefficient (Wildman–Crippen LogP) is 2.87. The molecular formula is C19H31N3O3S. The molecule has 1 aromatic rings. The van der Waals surface area contributed by atoms with Crippen molar-refractivity contribution in [3.05, 3.63) is 24.3 Å². The number of benzene rings is 1. The Bertz CT molecular complexity index is 701. The molecule has 26 heavy (non-hydrogen) atoms. The monoisotopic (exact) mass is 381 g/mol. The van der Waals surface area contributed by atoms with Crippen LogP contribution in [0.25, 0.3) is 0 Å². The number of nitrogens with one attached hydrogen (secondary N) is 3. The summed E-state index contributed by atoms with van der Waals surface area (Å²) in [5.41, 5.74) is 0.587. The maximum absolute atomic E-state index is 12.4. The number of hydrogen-bond acceptors (Lipinski definition) is 4. The largest absolute Gasteiger partial charge is 0.325 e. The molecule has 0 heterocycles. The van der Waals surface area contributed by atoms with Gasteiger partial charge in [0.05, 0.1) is 10.9 Å². The Kier molecular flexibility index (Phi) is 7.20. The molecule has 1 aliphatic carbocycles. The first-order chi connectivity index (χ1) is 12.2. The predicted molar refractivity (Wildman–Crippen MR) is 105 cm³/mol. The standard InChI is InChI=1S/C19H31N3O3S/c1-13(2)22-26(24,25)17-11-9-16(10-12-17)21-19(23)15(4)20-18-8-6-5-7-14(18)3/h9-15,18,20,22H,5-8H2,1-4H3,(H,21,23)/t14-,15+,18-/m1/s1. The zero-order valence-corrected chi connectivity index (χ0v) is 16.9. The second kappa shape index (κ2) is 8.97. The van der Waals surface area contributed by atoms with Gasteiger partial charge in [0.25, 0.3) is 0 Å². The molecular weight excluding hydrogens is 350 g/mol. The van der Waals surface area contributed by atoms with E-state index in [4.69, 9.17) is 0 Å². The molecule has 1 saturated carbocycles. The first-order valence-electron chi connectivity index (χ1n) is 9.38. The van der Waals surface area contributed by atoms with Crippen LogP contribution in [0.15, 0.2) is 29.2 Å². The lowest BCUT2D eigenvalue weighted by molar-refractivity contribution is -0.118. The molecule has 1 amide bonds. The van der Waals surface area contributed by atoms with Gasteiger partial charge in [0.2, 0.25) is 15.9 Å². The van der Waals surface area contributed by atoms with Crippen molar-refractivity contribution in [1.82, 2.24) is 10.0 Å². The molecule has 0 aliphatic heterocycles. The summed E-state index contributed by atoms with van der Waals surface area (Å²) in [5, 5.41) is 6.28. The lowest BCUT2D eigenvalue weighted by Gasteiger charge is -2.31. The molecule has 0 saturated heterocycles. The Hall–Kier alpha value is -1.44. The molecule has 1 aromatic carbocycles. The van der Waals surface area contributed by atoms with E-state index in [-0.39, 0.29) is 22.9 Å². The summed E-state index contributed by atoms with van der Waals surface area (Å²) in [7, 11) is -3.52. The molecule has 7 heteroatoms. The van der Waals surface area contributed by atoms with E-state index in [1.54, 1.807) is 26.0 Å². The fraction of sp³-hybridized carbons (Fsp3) is 0.632. The third-order valence-electron chi connectivity index (χ3n) is 4.79. The topological polar surface area (TPSA) is 87.3 Å². The van der Waals surface area contributed by atoms with Crippen LogP contribution in [-0.4, -0.2) is 32.5 Å². The van der Waals surface area contributed by atoms with Gasteiger partial charge in [-0.15, -0.1) is 0 Å². The average molecular weight is 382 g/mol. The fourth-order valence-corrected chi connectivity index (χ4v) is 4.56. The minimum Gasteiger partial charge on any atom is -0.325 e. The number of rotatable bonds is 7. The molecule has 0 aromatic heterocycles. The number of amides is 1. The van der Waals surface area contributed by atoms with Crippen molar-refractivity contribution in [3.8, 4) is 0 Å². The number of hydrogen-bond donors (Lipinski definition) is 3. The van der Waals surface area contributed by atoms with Crippen molar-refractivity contribution in [2.75, 3.05) is 5.32 Å². The Morgan fingerprint density at radius 3 is 2.27 bits per heavy atom. The highest BCUT2D eigenvalue weighted by Crippen LogP contribution is 2.24. The molecule has 146 valence electrons. The van der Waals surface area contributed by atoms with Gasteiger partial charge < -0.3 is 10.6 Å². The summed E-state index contributed by atoms with van der Waals surface area (Å²) in [6.07, 6.45) is 4.78. The highest BCUT2D eigenvalue weighted by molar-refractivity contribution is 7.89. The Morgan fingerprint density at radius 1 is 1.08 bits per heavy atom. The van der Waals surface area contributed by atoms with E-state index >= 15 is 0 Å². The molecule has 0 spiro atoms. The van der Waals surface area contributed by atoms with E-state index in [0.717, 1.165) is 6.42 Å². The lowest BCUT2D eigenvalue weighted by Crippen LogP contribution is -2.47. The smallest absolute Gasteiger partial charge is 0.241 e. The normalized spacial score (nSPS) is 22.2. The summed E-state index contributed by atoms with van der Waals surface area (Å²) >= 11 is 0. The average Bonchev–Trinajstić information content (AvgIpc) is 2.56. The molecule has 3 N–H and O–H groups in total. The second-order valence-electron chi connectivity index (χ2n) is 7.55. The van der Waals surface area contributed by atoms with Crippen molar-refractivity contribution >= 4 is 21.6 Å². The highest BCUT2D eigenvalue weighted by atomic mass is 32.2. The molecule has 0 unspecified atom stereocenters. The van der Waals surface area contributed by atoms with Gasteiger partial charge in [0.1, 0.15) is 0 Å². The van der Waals surface area contributed by atoms with Crippen LogP contribution in [0, 0.1) is 5.92 Å². The maximum atomic E-state index is 12.4. The van der Waals surface area contributed by atoms with Gasteiger partial charge in [-0.3, -0.25) is 4.79 Å². The molecule has 2 rings (SSSR count). The Labute approximate surface area is 157 Å². The van der Waals surface area contributed by atoms with Crippen LogP contribution in [-0.2, 0) is 14.8 Å². The third-order valence-corrected chi connectivity index (χ3v) is 6.47. The first kappa shape index (κ1) is 20.9. The van der Waals surface area contributed by atoms with Gasteiger partial charge >= 0.3 is 0 Å². The van der Waals surface area contributed by atoms with E-state index < -0.39 is 10.0 Å². The fourth-order valence-electron chi connectivity index (χ4n) is 3.31. The van der Waals surface area contributed by atoms with Crippen molar-refractivity contribution in [3.63, 3.8) is 0 Å². The van der Waals surface area contributed by atoms with E-state index in [1.165, 1.54) is 31.4 Å². The number of sulfonamides is 1. The lowest BCUT2D eigenvalue weighted by atomic mass is 9.85. The van der Waals surface area contributed by atoms with Crippen molar-refractivity contribution in [2.45, 2.75) is 76.4 Å². The second-order valence-corrected chi connectivity index (χ2v) is 9.26. The SMILES string of the molecule is CC(C)NS(=O)(=O)c1ccc(NC(=O)[C@H](C)N[C@@H]2CCCC[C@H]2C)cc1. The van der Waals surface area contributed by atoms with Crippen molar-refractivity contribution < 1.29 is 13.2 Å². The van der Waals surface area contributed by atoms with E-state index in [1.807, 2.05) is 6.92 Å².